The van der Waals surface area contributed by atoms with E-state index in [1.807, 2.05) is 67.7 Å². The van der Waals surface area contributed by atoms with Crippen molar-refractivity contribution in [3.63, 3.8) is 0 Å². The maximum Gasteiger partial charge on any atom is 0.307 e. The number of hydrogen-bond donors (Lipinski definition) is 0. The lowest BCUT2D eigenvalue weighted by Crippen LogP contribution is -2.09. The van der Waals surface area contributed by atoms with E-state index in [1.165, 1.54) is 6.33 Å². The Morgan fingerprint density at radius 1 is 1.11 bits per heavy atom. The summed E-state index contributed by atoms with van der Waals surface area (Å²) in [6.45, 7) is 6.19. The maximum absolute atomic E-state index is 12.0. The molecule has 0 saturated carbocycles. The highest BCUT2D eigenvalue weighted by Gasteiger charge is 2.15. The van der Waals surface area contributed by atoms with Gasteiger partial charge in [-0.15, -0.1) is 5.92 Å². The van der Waals surface area contributed by atoms with Gasteiger partial charge in [-0.2, -0.15) is 10.4 Å². The Bertz CT molecular complexity index is 1520. The Labute approximate surface area is 221 Å². The topological polar surface area (TPSA) is 98.7 Å². The Kier molecular flexibility index (Phi) is 8.58. The molecule has 0 bridgehead atoms. The van der Waals surface area contributed by atoms with Gasteiger partial charge in [0, 0.05) is 17.3 Å². The van der Waals surface area contributed by atoms with Crippen LogP contribution in [-0.2, 0) is 16.1 Å². The van der Waals surface area contributed by atoms with E-state index < -0.39 is 0 Å². The second-order valence-corrected chi connectivity index (χ2v) is 8.52. The van der Waals surface area contributed by atoms with Crippen molar-refractivity contribution in [3.8, 4) is 40.5 Å². The number of carbonyl (C=O) groups is 1. The quantitative estimate of drug-likeness (QED) is 0.213. The van der Waals surface area contributed by atoms with E-state index >= 15 is 0 Å². The number of aromatic nitrogens is 3. The molecule has 0 spiro atoms. The van der Waals surface area contributed by atoms with Gasteiger partial charge in [0.2, 0.25) is 0 Å². The van der Waals surface area contributed by atoms with Crippen LogP contribution in [-0.4, -0.2) is 33.8 Å². The van der Waals surface area contributed by atoms with E-state index in [1.54, 1.807) is 18.4 Å². The number of aryl methyl sites for hydroxylation is 1. The molecule has 0 saturated heterocycles. The van der Waals surface area contributed by atoms with Gasteiger partial charge >= 0.3 is 5.97 Å². The molecule has 0 unspecified atom stereocenters. The number of rotatable bonds is 10. The molecule has 38 heavy (non-hydrogen) atoms. The van der Waals surface area contributed by atoms with Crippen molar-refractivity contribution < 1.29 is 19.0 Å². The van der Waals surface area contributed by atoms with Crippen LogP contribution in [0.25, 0.3) is 16.8 Å². The smallest absolute Gasteiger partial charge is 0.307 e. The molecule has 0 aliphatic carbocycles. The second-order valence-electron chi connectivity index (χ2n) is 8.52. The third kappa shape index (κ3) is 6.29. The van der Waals surface area contributed by atoms with E-state index in [0.717, 1.165) is 27.8 Å². The molecule has 2 aromatic heterocycles. The van der Waals surface area contributed by atoms with Crippen LogP contribution >= 0.6 is 0 Å². The third-order valence-electron chi connectivity index (χ3n) is 5.94. The van der Waals surface area contributed by atoms with Crippen LogP contribution in [0.2, 0.25) is 0 Å². The zero-order valence-corrected chi connectivity index (χ0v) is 21.6. The first-order chi connectivity index (χ1) is 18.5. The summed E-state index contributed by atoms with van der Waals surface area (Å²) in [4.78, 5) is 16.4. The number of nitriles is 1. The highest BCUT2D eigenvalue weighted by Crippen LogP contribution is 2.29. The van der Waals surface area contributed by atoms with Gasteiger partial charge in [-0.1, -0.05) is 24.1 Å². The predicted octanol–water partition coefficient (Wildman–Crippen LogP) is 5.25. The van der Waals surface area contributed by atoms with Gasteiger partial charge in [0.1, 0.15) is 30.5 Å². The number of benzene rings is 2. The molecular formula is C30H28N4O4. The molecule has 2 aromatic carbocycles. The molecule has 0 aliphatic rings. The van der Waals surface area contributed by atoms with Crippen molar-refractivity contribution in [2.45, 2.75) is 39.7 Å². The van der Waals surface area contributed by atoms with E-state index in [2.05, 4.69) is 21.9 Å². The first kappa shape index (κ1) is 26.2. The molecule has 4 rings (SSSR count). The molecule has 4 aromatic rings. The van der Waals surface area contributed by atoms with Crippen LogP contribution in [0, 0.1) is 30.1 Å². The van der Waals surface area contributed by atoms with Gasteiger partial charge in [-0.3, -0.25) is 4.79 Å². The third-order valence-corrected chi connectivity index (χ3v) is 5.94. The SMILES string of the molecule is CC#C[C@@H](CC(=O)OCC)c1ccc(OCc2cc(-c3ccc(OCC#N)cc3C)cn3ncnc23)cc1. The average Bonchev–Trinajstić information content (AvgIpc) is 3.40. The molecule has 8 nitrogen and oxygen atoms in total. The molecular weight excluding hydrogens is 480 g/mol. The van der Waals surface area contributed by atoms with E-state index in [0.29, 0.717) is 30.4 Å². The first-order valence-electron chi connectivity index (χ1n) is 12.3. The van der Waals surface area contributed by atoms with E-state index in [4.69, 9.17) is 19.5 Å². The standard InChI is InChI=1S/C30H28N4O4/c1-4-6-23(17-29(35)36-5-2)22-7-9-26(10-8-22)38-19-25-16-24(18-34-30(25)32-20-33-34)28-12-11-27(15-21(28)3)37-14-13-31/h7-12,15-16,18,20,23H,5,14,17,19H2,1-3H3/t23-/m0/s1. The summed E-state index contributed by atoms with van der Waals surface area (Å²) in [7, 11) is 0. The average molecular weight is 509 g/mol. The molecule has 0 aliphatic heterocycles. The van der Waals surface area contributed by atoms with E-state index in [9.17, 15) is 4.79 Å². The number of fused-ring (bicyclic) bond motifs is 1. The summed E-state index contributed by atoms with van der Waals surface area (Å²) < 4.78 is 18.4. The molecule has 8 heteroatoms. The fourth-order valence-electron chi connectivity index (χ4n) is 4.19. The first-order valence-corrected chi connectivity index (χ1v) is 12.3. The fraction of sp³-hybridized carbons (Fsp3) is 0.267. The summed E-state index contributed by atoms with van der Waals surface area (Å²) in [5.74, 6) is 6.82. The van der Waals surface area contributed by atoms with Crippen molar-refractivity contribution in [1.82, 2.24) is 14.6 Å². The number of nitrogens with zero attached hydrogens (tertiary/aromatic N) is 4. The van der Waals surface area contributed by atoms with Crippen LogP contribution in [0.1, 0.15) is 42.9 Å². The molecule has 0 N–H and O–H groups in total. The van der Waals surface area contributed by atoms with Gasteiger partial charge in [0.25, 0.3) is 0 Å². The summed E-state index contributed by atoms with van der Waals surface area (Å²) in [6, 6.07) is 17.3. The van der Waals surface area contributed by atoms with Gasteiger partial charge in [0.05, 0.1) is 18.9 Å². The monoisotopic (exact) mass is 508 g/mol. The number of ether oxygens (including phenoxy) is 3. The Balaban J connectivity index is 1.53. The summed E-state index contributed by atoms with van der Waals surface area (Å²) >= 11 is 0. The number of carbonyl (C=O) groups excluding carboxylic acids is 1. The molecule has 0 radical (unpaired) electrons. The molecule has 2 heterocycles. The van der Waals surface area contributed by atoms with Crippen LogP contribution < -0.4 is 9.47 Å². The zero-order chi connectivity index (χ0) is 26.9. The zero-order valence-electron chi connectivity index (χ0n) is 21.6. The highest BCUT2D eigenvalue weighted by atomic mass is 16.5. The molecule has 0 amide bonds. The lowest BCUT2D eigenvalue weighted by Gasteiger charge is -2.13. The normalized spacial score (nSPS) is 11.2. The molecule has 1 atom stereocenters. The fourth-order valence-corrected chi connectivity index (χ4v) is 4.19. The van der Waals surface area contributed by atoms with Gasteiger partial charge in [0.15, 0.2) is 12.3 Å². The van der Waals surface area contributed by atoms with Crippen LogP contribution in [0.5, 0.6) is 11.5 Å². The molecule has 192 valence electrons. The Morgan fingerprint density at radius 3 is 2.61 bits per heavy atom. The van der Waals surface area contributed by atoms with Gasteiger partial charge in [-0.05, 0) is 67.8 Å². The van der Waals surface area contributed by atoms with Crippen molar-refractivity contribution in [1.29, 1.82) is 5.26 Å². The lowest BCUT2D eigenvalue weighted by molar-refractivity contribution is -0.143. The molecule has 0 fully saturated rings. The summed E-state index contributed by atoms with van der Waals surface area (Å²) in [5, 5.41) is 13.1. The largest absolute Gasteiger partial charge is 0.489 e. The van der Waals surface area contributed by atoms with Crippen LogP contribution in [0.3, 0.4) is 0 Å². The Hall–Kier alpha value is -4.82. The minimum atomic E-state index is -0.266. The number of hydrogen-bond acceptors (Lipinski definition) is 7. The number of esters is 1. The van der Waals surface area contributed by atoms with E-state index in [-0.39, 0.29) is 24.9 Å². The highest BCUT2D eigenvalue weighted by molar-refractivity contribution is 5.71. The van der Waals surface area contributed by atoms with Gasteiger partial charge in [-0.25, -0.2) is 9.50 Å². The maximum atomic E-state index is 12.0. The minimum Gasteiger partial charge on any atom is -0.489 e. The lowest BCUT2D eigenvalue weighted by atomic mass is 9.96. The predicted molar refractivity (Wildman–Crippen MR) is 142 cm³/mol. The van der Waals surface area contributed by atoms with Crippen LogP contribution in [0.15, 0.2) is 61.1 Å². The van der Waals surface area contributed by atoms with Crippen molar-refractivity contribution in [2.24, 2.45) is 0 Å². The number of pyridine rings is 1. The van der Waals surface area contributed by atoms with Crippen molar-refractivity contribution >= 4 is 11.6 Å². The minimum absolute atomic E-state index is 0.00419. The Morgan fingerprint density at radius 2 is 1.89 bits per heavy atom. The van der Waals surface area contributed by atoms with Crippen LogP contribution in [0.4, 0.5) is 0 Å². The van der Waals surface area contributed by atoms with Crippen molar-refractivity contribution in [2.75, 3.05) is 13.2 Å². The summed E-state index contributed by atoms with van der Waals surface area (Å²) in [5.41, 5.74) is 5.51. The van der Waals surface area contributed by atoms with Gasteiger partial charge < -0.3 is 14.2 Å². The second kappa shape index (κ2) is 12.4. The van der Waals surface area contributed by atoms with Crippen molar-refractivity contribution in [3.05, 3.63) is 77.7 Å². The summed E-state index contributed by atoms with van der Waals surface area (Å²) in [6.07, 6.45) is 3.65.